The van der Waals surface area contributed by atoms with Crippen molar-refractivity contribution in [2.45, 2.75) is 19.8 Å². The molecule has 0 radical (unpaired) electrons. The van der Waals surface area contributed by atoms with E-state index in [1.165, 1.54) is 6.92 Å². The van der Waals surface area contributed by atoms with Crippen LogP contribution in [0.4, 0.5) is 0 Å². The average molecular weight is 300 g/mol. The summed E-state index contributed by atoms with van der Waals surface area (Å²) >= 11 is 0. The summed E-state index contributed by atoms with van der Waals surface area (Å²) in [6.45, 7) is 1.19. The number of rotatable bonds is 6. The van der Waals surface area contributed by atoms with Crippen LogP contribution in [0.2, 0.25) is 0 Å². The number of ketones is 1. The first-order valence-corrected chi connectivity index (χ1v) is 6.86. The molecule has 12 heteroatoms. The first-order chi connectivity index (χ1) is 7.02. The third kappa shape index (κ3) is 12.7. The van der Waals surface area contributed by atoms with Crippen molar-refractivity contribution in [2.75, 3.05) is 0 Å². The minimum atomic E-state index is -5.24. The Kier molecular flexibility index (Phi) is 9.05. The molecule has 1 atom stereocenters. The molecule has 0 amide bonds. The van der Waals surface area contributed by atoms with Gasteiger partial charge in [0.25, 0.3) is 0 Å². The van der Waals surface area contributed by atoms with Gasteiger partial charge < -0.3 is 19.1 Å². The van der Waals surface area contributed by atoms with Crippen molar-refractivity contribution in [2.24, 2.45) is 0 Å². The van der Waals surface area contributed by atoms with Crippen LogP contribution in [-0.4, -0.2) is 56.0 Å². The zero-order chi connectivity index (χ0) is 13.0. The molecule has 0 heterocycles. The quantitative estimate of drug-likeness (QED) is 0.434. The number of carbonyl (C=O) groups is 2. The van der Waals surface area contributed by atoms with Crippen LogP contribution in [0.15, 0.2) is 0 Å². The number of hydrogen-bond acceptors (Lipinski definition) is 6. The summed E-state index contributed by atoms with van der Waals surface area (Å²) in [5.74, 6) is -1.62. The molecule has 0 aromatic rings. The van der Waals surface area contributed by atoms with Crippen LogP contribution in [0.1, 0.15) is 19.8 Å². The SMILES string of the molecule is CC(=O)CCC(=O)OP(=O)(O)OP(=O)(O)O.[NaH]. The molecule has 0 aliphatic heterocycles. The van der Waals surface area contributed by atoms with Gasteiger partial charge in [0, 0.05) is 6.42 Å². The van der Waals surface area contributed by atoms with Crippen molar-refractivity contribution in [3.63, 3.8) is 0 Å². The van der Waals surface area contributed by atoms with Crippen molar-refractivity contribution >= 4 is 57.0 Å². The number of phosphoric acid groups is 2. The van der Waals surface area contributed by atoms with Crippen LogP contribution < -0.4 is 0 Å². The Morgan fingerprint density at radius 3 is 1.94 bits per heavy atom. The van der Waals surface area contributed by atoms with Gasteiger partial charge in [0.1, 0.15) is 5.78 Å². The summed E-state index contributed by atoms with van der Waals surface area (Å²) in [5, 5.41) is 0. The number of carbonyl (C=O) groups excluding carboxylic acids is 2. The van der Waals surface area contributed by atoms with Gasteiger partial charge in [0.15, 0.2) is 0 Å². The molecule has 0 aliphatic carbocycles. The first-order valence-electron chi connectivity index (χ1n) is 3.83. The molecule has 0 fully saturated rings. The molecule has 0 rings (SSSR count). The normalized spacial score (nSPS) is 14.4. The molecule has 3 N–H and O–H groups in total. The van der Waals surface area contributed by atoms with Crippen molar-refractivity contribution in [3.8, 4) is 0 Å². The molecule has 0 aliphatic rings. The summed E-state index contributed by atoms with van der Waals surface area (Å²) in [6.07, 6.45) is -0.695. The Bertz CT molecular complexity index is 374. The van der Waals surface area contributed by atoms with E-state index in [0.29, 0.717) is 0 Å². The molecular weight excluding hydrogens is 289 g/mol. The predicted octanol–water partition coefficient (Wildman–Crippen LogP) is -0.540. The number of phosphoric ester groups is 1. The Labute approximate surface area is 119 Å². The van der Waals surface area contributed by atoms with E-state index in [1.807, 2.05) is 0 Å². The summed E-state index contributed by atoms with van der Waals surface area (Å²) in [5.41, 5.74) is 0. The van der Waals surface area contributed by atoms with Crippen molar-refractivity contribution < 1.29 is 42.2 Å². The van der Waals surface area contributed by atoms with E-state index in [9.17, 15) is 18.7 Å². The maximum absolute atomic E-state index is 10.8. The second-order valence-electron chi connectivity index (χ2n) is 2.71. The van der Waals surface area contributed by atoms with E-state index in [0.717, 1.165) is 0 Å². The fourth-order valence-electron chi connectivity index (χ4n) is 0.603. The van der Waals surface area contributed by atoms with Gasteiger partial charge in [-0.25, -0.2) is 9.13 Å². The number of Topliss-reactive ketones (excluding diaryl/α,β-unsaturated/α-hetero) is 1. The van der Waals surface area contributed by atoms with Crippen LogP contribution in [0.5, 0.6) is 0 Å². The van der Waals surface area contributed by atoms with Gasteiger partial charge in [0.2, 0.25) is 0 Å². The van der Waals surface area contributed by atoms with Gasteiger partial charge in [-0.3, -0.25) is 9.69 Å². The molecule has 17 heavy (non-hydrogen) atoms. The molecule has 0 aromatic carbocycles. The van der Waals surface area contributed by atoms with Crippen molar-refractivity contribution in [1.29, 1.82) is 0 Å². The van der Waals surface area contributed by atoms with Crippen LogP contribution in [0.25, 0.3) is 0 Å². The van der Waals surface area contributed by atoms with E-state index >= 15 is 0 Å². The molecule has 0 spiro atoms. The van der Waals surface area contributed by atoms with Crippen LogP contribution >= 0.6 is 15.6 Å². The van der Waals surface area contributed by atoms with Crippen LogP contribution in [0, 0.1) is 0 Å². The van der Waals surface area contributed by atoms with Gasteiger partial charge in [-0.2, -0.15) is 4.31 Å². The fourth-order valence-corrected chi connectivity index (χ4v) is 2.16. The van der Waals surface area contributed by atoms with Crippen molar-refractivity contribution in [1.82, 2.24) is 0 Å². The molecule has 0 saturated heterocycles. The molecular formula is C5H11NaO9P2. The minimum absolute atomic E-state index is 0. The number of hydrogen-bond donors (Lipinski definition) is 3. The molecule has 0 bridgehead atoms. The van der Waals surface area contributed by atoms with Crippen LogP contribution in [-0.2, 0) is 27.6 Å². The van der Waals surface area contributed by atoms with Gasteiger partial charge in [-0.15, -0.1) is 0 Å². The van der Waals surface area contributed by atoms with Gasteiger partial charge in [0.05, 0.1) is 6.42 Å². The Hall–Kier alpha value is 0.440. The van der Waals surface area contributed by atoms with E-state index in [1.54, 1.807) is 0 Å². The Morgan fingerprint density at radius 1 is 1.12 bits per heavy atom. The molecule has 0 aromatic heterocycles. The van der Waals surface area contributed by atoms with E-state index in [4.69, 9.17) is 14.7 Å². The summed E-state index contributed by atoms with van der Waals surface area (Å²) < 4.78 is 28.1. The first kappa shape index (κ1) is 19.8. The second kappa shape index (κ2) is 7.78. The van der Waals surface area contributed by atoms with Crippen LogP contribution in [0.3, 0.4) is 0 Å². The van der Waals surface area contributed by atoms with Gasteiger partial charge in [-0.1, -0.05) is 0 Å². The average Bonchev–Trinajstić information content (AvgIpc) is 1.94. The predicted molar refractivity (Wildman–Crippen MR) is 56.1 cm³/mol. The zero-order valence-corrected chi connectivity index (χ0v) is 9.89. The van der Waals surface area contributed by atoms with Gasteiger partial charge in [-0.05, 0) is 6.92 Å². The molecule has 0 saturated carbocycles. The Balaban J connectivity index is 0. The molecule has 1 unspecified atom stereocenters. The Morgan fingerprint density at radius 2 is 1.59 bits per heavy atom. The van der Waals surface area contributed by atoms with E-state index < -0.39 is 28.0 Å². The third-order valence-corrected chi connectivity index (χ3v) is 3.22. The topological polar surface area (TPSA) is 147 Å². The fraction of sp³-hybridized carbons (Fsp3) is 0.600. The maximum atomic E-state index is 10.8. The van der Waals surface area contributed by atoms with E-state index in [2.05, 4.69) is 8.83 Å². The summed E-state index contributed by atoms with van der Waals surface area (Å²) in [6, 6.07) is 0. The van der Waals surface area contributed by atoms with Gasteiger partial charge >= 0.3 is 51.2 Å². The third-order valence-electron chi connectivity index (χ3n) is 1.11. The molecule has 96 valence electrons. The summed E-state index contributed by atoms with van der Waals surface area (Å²) in [7, 11) is -10.4. The zero-order valence-electron chi connectivity index (χ0n) is 8.10. The second-order valence-corrected chi connectivity index (χ2v) is 5.46. The monoisotopic (exact) mass is 300 g/mol. The molecule has 9 nitrogen and oxygen atoms in total. The van der Waals surface area contributed by atoms with E-state index in [-0.39, 0.29) is 41.8 Å². The summed E-state index contributed by atoms with van der Waals surface area (Å²) in [4.78, 5) is 46.3. The van der Waals surface area contributed by atoms with Crippen molar-refractivity contribution in [3.05, 3.63) is 0 Å². The standard InChI is InChI=1S/C5H10O9P2.Na.H/c1-4(6)2-3-5(7)13-16(11,12)14-15(8,9)10;;/h2-3H2,1H3,(H,11,12)(H2,8,9,10);;.